The largest absolute Gasteiger partial charge is 0.388 e. The molecule has 0 fully saturated rings. The molecule has 0 aliphatic heterocycles. The van der Waals surface area contributed by atoms with E-state index in [1.54, 1.807) is 12.1 Å². The van der Waals surface area contributed by atoms with E-state index in [2.05, 4.69) is 10.1 Å². The van der Waals surface area contributed by atoms with E-state index in [0.29, 0.717) is 16.5 Å². The Morgan fingerprint density at radius 2 is 2.14 bits per heavy atom. The van der Waals surface area contributed by atoms with Crippen LogP contribution in [0.4, 0.5) is 0 Å². The molecule has 0 unspecified atom stereocenters. The first kappa shape index (κ1) is 9.18. The quantitative estimate of drug-likeness (QED) is 0.822. The van der Waals surface area contributed by atoms with Gasteiger partial charge in [-0.2, -0.15) is 4.98 Å². The minimum absolute atomic E-state index is 0.242. The Bertz CT molecular complexity index is 442. The van der Waals surface area contributed by atoms with Crippen LogP contribution in [0.1, 0.15) is 5.82 Å². The Morgan fingerprint density at radius 1 is 1.36 bits per heavy atom. The molecule has 1 heterocycles. The summed E-state index contributed by atoms with van der Waals surface area (Å²) >= 11 is 5.92. The fourth-order valence-corrected chi connectivity index (χ4v) is 1.28. The van der Waals surface area contributed by atoms with Crippen LogP contribution >= 0.6 is 11.6 Å². The molecule has 72 valence electrons. The highest BCUT2D eigenvalue weighted by atomic mass is 35.5. The van der Waals surface area contributed by atoms with Crippen molar-refractivity contribution < 1.29 is 9.63 Å². The lowest BCUT2D eigenvalue weighted by Gasteiger charge is -1.95. The summed E-state index contributed by atoms with van der Waals surface area (Å²) in [5.74, 6) is 0.569. The molecule has 2 aromatic rings. The molecule has 0 amide bonds. The molecular weight excluding hydrogens is 204 g/mol. The van der Waals surface area contributed by atoms with E-state index in [9.17, 15) is 0 Å². The van der Waals surface area contributed by atoms with Crippen molar-refractivity contribution in [2.45, 2.75) is 6.61 Å². The number of aliphatic hydroxyl groups excluding tert-OH is 1. The summed E-state index contributed by atoms with van der Waals surface area (Å²) in [5.41, 5.74) is 0.668. The second-order valence-electron chi connectivity index (χ2n) is 2.65. The maximum Gasteiger partial charge on any atom is 0.259 e. The number of benzene rings is 1. The van der Waals surface area contributed by atoms with Crippen molar-refractivity contribution in [2.24, 2.45) is 0 Å². The molecule has 14 heavy (non-hydrogen) atoms. The molecule has 0 atom stereocenters. The van der Waals surface area contributed by atoms with Gasteiger partial charge < -0.3 is 9.63 Å². The second kappa shape index (κ2) is 3.77. The highest BCUT2D eigenvalue weighted by molar-refractivity contribution is 6.33. The Labute approximate surface area is 85.1 Å². The van der Waals surface area contributed by atoms with Crippen LogP contribution in [0.3, 0.4) is 0 Å². The maximum atomic E-state index is 8.75. The molecule has 1 N–H and O–H groups in total. The van der Waals surface area contributed by atoms with Gasteiger partial charge in [0, 0.05) is 0 Å². The smallest absolute Gasteiger partial charge is 0.259 e. The number of halogens is 1. The minimum Gasteiger partial charge on any atom is -0.388 e. The van der Waals surface area contributed by atoms with Crippen LogP contribution in [0.25, 0.3) is 11.5 Å². The van der Waals surface area contributed by atoms with Gasteiger partial charge in [0.25, 0.3) is 5.89 Å². The zero-order valence-electron chi connectivity index (χ0n) is 7.14. The topological polar surface area (TPSA) is 59.2 Å². The molecule has 1 aromatic carbocycles. The van der Waals surface area contributed by atoms with Crippen molar-refractivity contribution in [3.63, 3.8) is 0 Å². The van der Waals surface area contributed by atoms with E-state index in [4.69, 9.17) is 21.2 Å². The maximum absolute atomic E-state index is 8.75. The summed E-state index contributed by atoms with van der Waals surface area (Å²) < 4.78 is 4.92. The van der Waals surface area contributed by atoms with Gasteiger partial charge in [-0.05, 0) is 12.1 Å². The third-order valence-electron chi connectivity index (χ3n) is 1.71. The minimum atomic E-state index is -0.242. The first-order valence-electron chi connectivity index (χ1n) is 3.99. The third-order valence-corrected chi connectivity index (χ3v) is 2.04. The monoisotopic (exact) mass is 210 g/mol. The number of rotatable bonds is 2. The average Bonchev–Trinajstić information content (AvgIpc) is 2.67. The van der Waals surface area contributed by atoms with Gasteiger partial charge in [-0.15, -0.1) is 0 Å². The van der Waals surface area contributed by atoms with Gasteiger partial charge in [-0.3, -0.25) is 0 Å². The van der Waals surface area contributed by atoms with E-state index in [0.717, 1.165) is 0 Å². The summed E-state index contributed by atoms with van der Waals surface area (Å²) in [7, 11) is 0. The lowest BCUT2D eigenvalue weighted by molar-refractivity contribution is 0.264. The molecular formula is C9H7ClN2O2. The van der Waals surface area contributed by atoms with E-state index < -0.39 is 0 Å². The zero-order chi connectivity index (χ0) is 9.97. The molecule has 2 rings (SSSR count). The van der Waals surface area contributed by atoms with Crippen LogP contribution in [0.2, 0.25) is 5.02 Å². The van der Waals surface area contributed by atoms with Crippen molar-refractivity contribution in [3.8, 4) is 11.5 Å². The molecule has 1 aromatic heterocycles. The molecule has 4 nitrogen and oxygen atoms in total. The molecule has 0 saturated heterocycles. The van der Waals surface area contributed by atoms with Crippen molar-refractivity contribution >= 4 is 11.6 Å². The predicted molar refractivity (Wildman–Crippen MR) is 50.7 cm³/mol. The van der Waals surface area contributed by atoms with Crippen LogP contribution in [0.15, 0.2) is 28.8 Å². The van der Waals surface area contributed by atoms with Gasteiger partial charge in [0.15, 0.2) is 5.82 Å². The van der Waals surface area contributed by atoms with Crippen LogP contribution in [-0.2, 0) is 6.61 Å². The fraction of sp³-hybridized carbons (Fsp3) is 0.111. The van der Waals surface area contributed by atoms with Gasteiger partial charge >= 0.3 is 0 Å². The fourth-order valence-electron chi connectivity index (χ4n) is 1.06. The molecule has 0 spiro atoms. The molecule has 5 heteroatoms. The van der Waals surface area contributed by atoms with Crippen molar-refractivity contribution in [3.05, 3.63) is 35.1 Å². The lowest BCUT2D eigenvalue weighted by Crippen LogP contribution is -1.85. The van der Waals surface area contributed by atoms with Gasteiger partial charge in [0.2, 0.25) is 0 Å². The highest BCUT2D eigenvalue weighted by Gasteiger charge is 2.10. The first-order valence-corrected chi connectivity index (χ1v) is 4.37. The number of aromatic nitrogens is 2. The van der Waals surface area contributed by atoms with Crippen molar-refractivity contribution in [1.29, 1.82) is 0 Å². The summed E-state index contributed by atoms with van der Waals surface area (Å²) in [4.78, 5) is 3.95. The van der Waals surface area contributed by atoms with Crippen LogP contribution in [0, 0.1) is 0 Å². The standard InChI is InChI=1S/C9H7ClN2O2/c10-7-4-2-1-3-6(7)9-11-8(5-13)12-14-9/h1-4,13H,5H2. The molecule has 0 aliphatic rings. The lowest BCUT2D eigenvalue weighted by atomic mass is 10.2. The van der Waals surface area contributed by atoms with Crippen molar-refractivity contribution in [1.82, 2.24) is 10.1 Å². The predicted octanol–water partition coefficient (Wildman–Crippen LogP) is 1.88. The summed E-state index contributed by atoms with van der Waals surface area (Å²) in [6.45, 7) is -0.242. The number of hydrogen-bond donors (Lipinski definition) is 1. The van der Waals surface area contributed by atoms with Crippen LogP contribution in [-0.4, -0.2) is 15.2 Å². The van der Waals surface area contributed by atoms with Crippen molar-refractivity contribution in [2.75, 3.05) is 0 Å². The number of nitrogens with zero attached hydrogens (tertiary/aromatic N) is 2. The Morgan fingerprint density at radius 3 is 2.79 bits per heavy atom. The van der Waals surface area contributed by atoms with Gasteiger partial charge in [-0.25, -0.2) is 0 Å². The Hall–Kier alpha value is -1.39. The van der Waals surface area contributed by atoms with Gasteiger partial charge in [-0.1, -0.05) is 28.9 Å². The van der Waals surface area contributed by atoms with E-state index in [-0.39, 0.29) is 12.4 Å². The average molecular weight is 211 g/mol. The van der Waals surface area contributed by atoms with E-state index in [1.807, 2.05) is 12.1 Å². The molecule has 0 radical (unpaired) electrons. The number of hydrogen-bond acceptors (Lipinski definition) is 4. The third kappa shape index (κ3) is 1.62. The van der Waals surface area contributed by atoms with Gasteiger partial charge in [0.05, 0.1) is 10.6 Å². The molecule has 0 aliphatic carbocycles. The molecule has 0 bridgehead atoms. The van der Waals surface area contributed by atoms with Crippen LogP contribution in [0.5, 0.6) is 0 Å². The zero-order valence-corrected chi connectivity index (χ0v) is 7.90. The summed E-state index contributed by atoms with van der Waals surface area (Å²) in [6.07, 6.45) is 0. The first-order chi connectivity index (χ1) is 6.81. The second-order valence-corrected chi connectivity index (χ2v) is 3.06. The highest BCUT2D eigenvalue weighted by Crippen LogP contribution is 2.25. The van der Waals surface area contributed by atoms with E-state index >= 15 is 0 Å². The van der Waals surface area contributed by atoms with Gasteiger partial charge in [0.1, 0.15) is 6.61 Å². The number of aliphatic hydroxyl groups is 1. The SMILES string of the molecule is OCc1noc(-c2ccccc2Cl)n1. The Balaban J connectivity index is 2.44. The van der Waals surface area contributed by atoms with Crippen LogP contribution < -0.4 is 0 Å². The van der Waals surface area contributed by atoms with E-state index in [1.165, 1.54) is 0 Å². The molecule has 0 saturated carbocycles. The normalized spacial score (nSPS) is 10.4. The summed E-state index contributed by atoms with van der Waals surface area (Å²) in [5, 5.41) is 12.8. The summed E-state index contributed by atoms with van der Waals surface area (Å²) in [6, 6.07) is 7.15. The Kier molecular flexibility index (Phi) is 2.47.